The molecule has 1 fully saturated rings. The number of urea groups is 1. The van der Waals surface area contributed by atoms with E-state index < -0.39 is 23.7 Å². The molecule has 2 rings (SSSR count). The van der Waals surface area contributed by atoms with Crippen LogP contribution in [0, 0.1) is 11.6 Å². The van der Waals surface area contributed by atoms with Gasteiger partial charge in [-0.1, -0.05) is 6.07 Å². The summed E-state index contributed by atoms with van der Waals surface area (Å²) in [7, 11) is 0. The molecule has 0 radical (unpaired) electrons. The largest absolute Gasteiger partial charge is 0.357 e. The highest BCUT2D eigenvalue weighted by Gasteiger charge is 2.27. The van der Waals surface area contributed by atoms with Gasteiger partial charge in [-0.3, -0.25) is 14.7 Å². The molecule has 0 bridgehead atoms. The van der Waals surface area contributed by atoms with E-state index in [0.29, 0.717) is 18.1 Å². The van der Waals surface area contributed by atoms with Gasteiger partial charge in [-0.15, -0.1) is 24.0 Å². The molecule has 1 aliphatic rings. The maximum Gasteiger partial charge on any atom is 0.324 e. The third-order valence-corrected chi connectivity index (χ3v) is 3.66. The summed E-state index contributed by atoms with van der Waals surface area (Å²) >= 11 is 0. The first-order valence-electron chi connectivity index (χ1n) is 8.00. The number of amides is 3. The van der Waals surface area contributed by atoms with Crippen molar-refractivity contribution in [3.05, 3.63) is 35.4 Å². The van der Waals surface area contributed by atoms with Crippen molar-refractivity contribution in [2.75, 3.05) is 26.2 Å². The van der Waals surface area contributed by atoms with Gasteiger partial charge in [0, 0.05) is 18.2 Å². The Hall–Kier alpha value is -1.98. The van der Waals surface area contributed by atoms with Crippen molar-refractivity contribution in [2.45, 2.75) is 19.9 Å². The van der Waals surface area contributed by atoms with E-state index in [1.807, 2.05) is 6.92 Å². The number of guanidine groups is 1. The van der Waals surface area contributed by atoms with Gasteiger partial charge in [-0.25, -0.2) is 13.6 Å². The van der Waals surface area contributed by atoms with E-state index >= 15 is 0 Å². The number of benzene rings is 1. The zero-order valence-corrected chi connectivity index (χ0v) is 16.8. The molecular weight excluding hydrogens is 459 g/mol. The van der Waals surface area contributed by atoms with E-state index in [2.05, 4.69) is 20.9 Å². The van der Waals surface area contributed by atoms with Gasteiger partial charge in [0.25, 0.3) is 0 Å². The van der Waals surface area contributed by atoms with Crippen LogP contribution in [0.1, 0.15) is 25.5 Å². The lowest BCUT2D eigenvalue weighted by molar-refractivity contribution is -0.124. The quantitative estimate of drug-likeness (QED) is 0.250. The third-order valence-electron chi connectivity index (χ3n) is 3.66. The predicted octanol–water partition coefficient (Wildman–Crippen LogP) is 1.75. The van der Waals surface area contributed by atoms with Crippen molar-refractivity contribution in [3.63, 3.8) is 0 Å². The molecule has 0 aromatic heterocycles. The second-order valence-electron chi connectivity index (χ2n) is 5.50. The summed E-state index contributed by atoms with van der Waals surface area (Å²) in [4.78, 5) is 28.3. The Balaban J connectivity index is 0.00000338. The van der Waals surface area contributed by atoms with E-state index in [1.165, 1.54) is 12.1 Å². The second-order valence-corrected chi connectivity index (χ2v) is 5.50. The number of nitrogens with one attached hydrogen (secondary N) is 3. The smallest absolute Gasteiger partial charge is 0.324 e. The monoisotopic (exact) mass is 481 g/mol. The van der Waals surface area contributed by atoms with Gasteiger partial charge in [0.2, 0.25) is 5.91 Å². The maximum atomic E-state index is 13.9. The molecule has 1 atom stereocenters. The molecule has 1 heterocycles. The Labute approximate surface area is 167 Å². The maximum absolute atomic E-state index is 13.9. The summed E-state index contributed by atoms with van der Waals surface area (Å²) in [5.41, 5.74) is 0.307. The highest BCUT2D eigenvalue weighted by Crippen LogP contribution is 2.17. The van der Waals surface area contributed by atoms with Gasteiger partial charge in [0.05, 0.1) is 25.7 Å². The van der Waals surface area contributed by atoms with E-state index in [-0.39, 0.29) is 49.5 Å². The Morgan fingerprint density at radius 2 is 2.12 bits per heavy atom. The van der Waals surface area contributed by atoms with Crippen LogP contribution in [-0.4, -0.2) is 49.0 Å². The standard InChI is InChI=1S/C16H21F2N5O2.HI/c1-3-19-15(20-6-7-23-14(24)9-21-16(23)25)22-10(2)12-5-4-11(17)8-13(12)18;/h4-5,8,10H,3,6-7,9H2,1-2H3,(H,21,25)(H2,19,20,22);1H. The number of hydrogen-bond acceptors (Lipinski definition) is 3. The lowest BCUT2D eigenvalue weighted by Gasteiger charge is -2.19. The topological polar surface area (TPSA) is 85.8 Å². The lowest BCUT2D eigenvalue weighted by Crippen LogP contribution is -2.40. The molecule has 1 aromatic rings. The van der Waals surface area contributed by atoms with E-state index in [4.69, 9.17) is 0 Å². The summed E-state index contributed by atoms with van der Waals surface area (Å²) < 4.78 is 26.9. The molecule has 1 aromatic carbocycles. The fourth-order valence-electron chi connectivity index (χ4n) is 2.40. The van der Waals surface area contributed by atoms with E-state index in [9.17, 15) is 18.4 Å². The van der Waals surface area contributed by atoms with Gasteiger partial charge in [-0.05, 0) is 19.9 Å². The van der Waals surface area contributed by atoms with Crippen LogP contribution in [-0.2, 0) is 4.79 Å². The molecular formula is C16H22F2IN5O2. The summed E-state index contributed by atoms with van der Waals surface area (Å²) in [5, 5.41) is 8.45. The first-order chi connectivity index (χ1) is 11.9. The number of aliphatic imine (C=N–C) groups is 1. The Bertz CT molecular complexity index is 671. The van der Waals surface area contributed by atoms with Gasteiger partial charge < -0.3 is 16.0 Å². The van der Waals surface area contributed by atoms with Gasteiger partial charge >= 0.3 is 6.03 Å². The summed E-state index contributed by atoms with van der Waals surface area (Å²) in [6.45, 7) is 4.53. The number of carbonyl (C=O) groups excluding carboxylic acids is 2. The van der Waals surface area contributed by atoms with E-state index in [1.54, 1.807) is 6.92 Å². The summed E-state index contributed by atoms with van der Waals surface area (Å²) in [6.07, 6.45) is 0. The third kappa shape index (κ3) is 5.78. The van der Waals surface area contributed by atoms with Crippen molar-refractivity contribution in [3.8, 4) is 0 Å². The number of halogens is 3. The second kappa shape index (κ2) is 10.2. The lowest BCUT2D eigenvalue weighted by atomic mass is 10.1. The van der Waals surface area contributed by atoms with Crippen LogP contribution in [0.5, 0.6) is 0 Å². The van der Waals surface area contributed by atoms with E-state index in [0.717, 1.165) is 11.0 Å². The van der Waals surface area contributed by atoms with Gasteiger partial charge in [0.15, 0.2) is 5.96 Å². The average Bonchev–Trinajstić information content (AvgIpc) is 2.86. The van der Waals surface area contributed by atoms with Crippen molar-refractivity contribution in [1.82, 2.24) is 20.9 Å². The van der Waals surface area contributed by atoms with Crippen molar-refractivity contribution < 1.29 is 18.4 Å². The minimum Gasteiger partial charge on any atom is -0.357 e. The van der Waals surface area contributed by atoms with Crippen molar-refractivity contribution in [1.29, 1.82) is 0 Å². The van der Waals surface area contributed by atoms with Gasteiger partial charge in [0.1, 0.15) is 11.6 Å². The number of rotatable bonds is 6. The molecule has 1 unspecified atom stereocenters. The molecule has 1 aliphatic heterocycles. The number of nitrogens with zero attached hydrogens (tertiary/aromatic N) is 2. The molecule has 3 N–H and O–H groups in total. The molecule has 26 heavy (non-hydrogen) atoms. The minimum absolute atomic E-state index is 0. The first-order valence-corrected chi connectivity index (χ1v) is 8.00. The summed E-state index contributed by atoms with van der Waals surface area (Å²) in [6, 6.07) is 2.52. The van der Waals surface area contributed by atoms with Crippen LogP contribution in [0.15, 0.2) is 23.2 Å². The van der Waals surface area contributed by atoms with Crippen LogP contribution in [0.25, 0.3) is 0 Å². The SMILES string of the molecule is CCNC(=NCCN1C(=O)CNC1=O)NC(C)c1ccc(F)cc1F.I. The highest BCUT2D eigenvalue weighted by atomic mass is 127. The molecule has 3 amide bonds. The van der Waals surface area contributed by atoms with Crippen molar-refractivity contribution in [2.24, 2.45) is 4.99 Å². The first kappa shape index (κ1) is 22.1. The minimum atomic E-state index is -0.643. The normalized spacial score (nSPS) is 15.4. The van der Waals surface area contributed by atoms with Crippen LogP contribution in [0.3, 0.4) is 0 Å². The Morgan fingerprint density at radius 1 is 1.38 bits per heavy atom. The van der Waals surface area contributed by atoms with Crippen LogP contribution < -0.4 is 16.0 Å². The average molecular weight is 481 g/mol. The molecule has 1 saturated heterocycles. The molecule has 7 nitrogen and oxygen atoms in total. The van der Waals surface area contributed by atoms with Crippen LogP contribution in [0.4, 0.5) is 13.6 Å². The number of carbonyl (C=O) groups is 2. The predicted molar refractivity (Wildman–Crippen MR) is 104 cm³/mol. The molecule has 0 aliphatic carbocycles. The molecule has 0 saturated carbocycles. The van der Waals surface area contributed by atoms with Crippen LogP contribution in [0.2, 0.25) is 0 Å². The van der Waals surface area contributed by atoms with Gasteiger partial charge in [-0.2, -0.15) is 0 Å². The highest BCUT2D eigenvalue weighted by molar-refractivity contribution is 14.0. The molecule has 144 valence electrons. The number of hydrogen-bond donors (Lipinski definition) is 3. The zero-order chi connectivity index (χ0) is 18.4. The Morgan fingerprint density at radius 3 is 2.69 bits per heavy atom. The molecule has 0 spiro atoms. The van der Waals surface area contributed by atoms with Crippen LogP contribution >= 0.6 is 24.0 Å². The zero-order valence-electron chi connectivity index (χ0n) is 14.5. The molecule has 10 heteroatoms. The fourth-order valence-corrected chi connectivity index (χ4v) is 2.40. The number of imide groups is 1. The Kier molecular flexibility index (Phi) is 8.69. The fraction of sp³-hybridized carbons (Fsp3) is 0.438. The van der Waals surface area contributed by atoms with Crippen molar-refractivity contribution >= 4 is 41.9 Å². The summed E-state index contributed by atoms with van der Waals surface area (Å²) in [5.74, 6) is -1.16.